The van der Waals surface area contributed by atoms with Crippen LogP contribution in [0.1, 0.15) is 0 Å². The van der Waals surface area contributed by atoms with Crippen molar-refractivity contribution in [3.8, 4) is 5.75 Å². The third kappa shape index (κ3) is 3.91. The maximum absolute atomic E-state index is 11.9. The van der Waals surface area contributed by atoms with Crippen LogP contribution in [0.15, 0.2) is 71.6 Å². The number of nitro groups is 1. The first-order valence-electron chi connectivity index (χ1n) is 7.18. The number of non-ortho nitro benzene ring substituents is 1. The zero-order valence-corrected chi connectivity index (χ0v) is 13.4. The molecule has 0 N–H and O–H groups in total. The lowest BCUT2D eigenvalue weighted by atomic mass is 10.1. The van der Waals surface area contributed by atoms with Gasteiger partial charge in [0.05, 0.1) is 10.7 Å². The molecule has 0 aliphatic rings. The Morgan fingerprint density at radius 2 is 1.71 bits per heavy atom. The lowest BCUT2D eigenvalue weighted by Crippen LogP contribution is -2.10. The number of ether oxygens (including phenoxy) is 1. The van der Waals surface area contributed by atoms with E-state index in [9.17, 15) is 14.9 Å². The molecule has 0 aromatic heterocycles. The minimum atomic E-state index is -0.499. The summed E-state index contributed by atoms with van der Waals surface area (Å²) in [5, 5.41) is 12.8. The van der Waals surface area contributed by atoms with Crippen LogP contribution in [0, 0.1) is 10.1 Å². The van der Waals surface area contributed by atoms with E-state index in [0.29, 0.717) is 5.75 Å². The van der Waals surface area contributed by atoms with Crippen molar-refractivity contribution in [1.29, 1.82) is 0 Å². The van der Waals surface area contributed by atoms with E-state index < -0.39 is 10.9 Å². The van der Waals surface area contributed by atoms with Crippen molar-refractivity contribution in [3.63, 3.8) is 0 Å². The molecule has 0 fully saturated rings. The molecule has 0 saturated heterocycles. The maximum atomic E-state index is 11.9. The van der Waals surface area contributed by atoms with Gasteiger partial charge in [-0.1, -0.05) is 30.3 Å². The Balaban J connectivity index is 1.59. The monoisotopic (exact) mass is 339 g/mol. The van der Waals surface area contributed by atoms with Gasteiger partial charge in [0.15, 0.2) is 0 Å². The summed E-state index contributed by atoms with van der Waals surface area (Å²) in [6.07, 6.45) is 0. The molecule has 6 heteroatoms. The lowest BCUT2D eigenvalue weighted by Gasteiger charge is -2.05. The van der Waals surface area contributed by atoms with Crippen LogP contribution in [0.25, 0.3) is 10.8 Å². The Hall–Kier alpha value is -2.86. The van der Waals surface area contributed by atoms with Crippen molar-refractivity contribution in [2.75, 3.05) is 5.75 Å². The number of hydrogen-bond acceptors (Lipinski definition) is 5. The first-order valence-corrected chi connectivity index (χ1v) is 8.17. The first-order chi connectivity index (χ1) is 11.6. The molecule has 0 bridgehead atoms. The number of rotatable bonds is 5. The number of esters is 1. The number of benzene rings is 3. The molecule has 0 aliphatic heterocycles. The molecule has 0 saturated carbocycles. The summed E-state index contributed by atoms with van der Waals surface area (Å²) in [6, 6.07) is 19.5. The van der Waals surface area contributed by atoms with Gasteiger partial charge in [-0.15, -0.1) is 11.8 Å². The topological polar surface area (TPSA) is 69.4 Å². The standard InChI is InChI=1S/C18H13NO4S/c20-18(23-16-8-6-15(7-9-16)19(21)22)12-24-17-10-5-13-3-1-2-4-14(13)11-17/h1-11H,12H2. The Labute approximate surface area is 142 Å². The SMILES string of the molecule is O=C(CSc1ccc2ccccc2c1)Oc1ccc([N+](=O)[O-])cc1. The number of thioether (sulfide) groups is 1. The predicted octanol–water partition coefficient (Wildman–Crippen LogP) is 4.45. The second-order valence-corrected chi connectivity index (χ2v) is 6.07. The third-order valence-electron chi connectivity index (χ3n) is 3.36. The minimum absolute atomic E-state index is 0.0414. The molecule has 0 atom stereocenters. The molecule has 3 rings (SSSR count). The molecule has 3 aromatic carbocycles. The molecule has 0 radical (unpaired) electrons. The molecule has 0 unspecified atom stereocenters. The van der Waals surface area contributed by atoms with Crippen LogP contribution < -0.4 is 4.74 Å². The second-order valence-electron chi connectivity index (χ2n) is 5.02. The van der Waals surface area contributed by atoms with E-state index in [0.717, 1.165) is 15.7 Å². The molecule has 120 valence electrons. The summed E-state index contributed by atoms with van der Waals surface area (Å²) in [6.45, 7) is 0. The van der Waals surface area contributed by atoms with E-state index in [-0.39, 0.29) is 11.4 Å². The summed E-state index contributed by atoms with van der Waals surface area (Å²) in [5.41, 5.74) is -0.0414. The summed E-state index contributed by atoms with van der Waals surface area (Å²) in [5.74, 6) is 0.0571. The normalized spacial score (nSPS) is 10.5. The lowest BCUT2D eigenvalue weighted by molar-refractivity contribution is -0.384. The predicted molar refractivity (Wildman–Crippen MR) is 93.4 cm³/mol. The minimum Gasteiger partial charge on any atom is -0.426 e. The highest BCUT2D eigenvalue weighted by atomic mass is 32.2. The van der Waals surface area contributed by atoms with Crippen LogP contribution in [0.4, 0.5) is 5.69 Å². The van der Waals surface area contributed by atoms with Crippen LogP contribution in [0.5, 0.6) is 5.75 Å². The molecule has 3 aromatic rings. The fourth-order valence-corrected chi connectivity index (χ4v) is 2.91. The van der Waals surface area contributed by atoms with Gasteiger partial charge in [0.2, 0.25) is 0 Å². The number of fused-ring (bicyclic) bond motifs is 1. The summed E-state index contributed by atoms with van der Waals surface area (Å²) in [4.78, 5) is 23.0. The molecule has 0 aliphatic carbocycles. The van der Waals surface area contributed by atoms with Crippen molar-refractivity contribution >= 4 is 34.2 Å². The largest absolute Gasteiger partial charge is 0.426 e. The van der Waals surface area contributed by atoms with Gasteiger partial charge < -0.3 is 4.74 Å². The quantitative estimate of drug-likeness (QED) is 0.226. The molecular weight excluding hydrogens is 326 g/mol. The summed E-state index contributed by atoms with van der Waals surface area (Å²) in [7, 11) is 0. The fourth-order valence-electron chi connectivity index (χ4n) is 2.20. The highest BCUT2D eigenvalue weighted by Gasteiger charge is 2.09. The van der Waals surface area contributed by atoms with Gasteiger partial charge >= 0.3 is 5.97 Å². The van der Waals surface area contributed by atoms with Crippen LogP contribution in [-0.2, 0) is 4.79 Å². The Bertz CT molecular complexity index is 893. The average molecular weight is 339 g/mol. The number of carbonyl (C=O) groups is 1. The van der Waals surface area contributed by atoms with E-state index in [4.69, 9.17) is 4.74 Å². The molecule has 24 heavy (non-hydrogen) atoms. The van der Waals surface area contributed by atoms with Gasteiger partial charge in [-0.25, -0.2) is 0 Å². The van der Waals surface area contributed by atoms with Gasteiger partial charge in [0.25, 0.3) is 5.69 Å². The zero-order valence-electron chi connectivity index (χ0n) is 12.5. The average Bonchev–Trinajstić information content (AvgIpc) is 2.60. The number of hydrogen-bond donors (Lipinski definition) is 0. The van der Waals surface area contributed by atoms with Gasteiger partial charge in [-0.05, 0) is 35.0 Å². The summed E-state index contributed by atoms with van der Waals surface area (Å²) >= 11 is 1.39. The highest BCUT2D eigenvalue weighted by molar-refractivity contribution is 8.00. The van der Waals surface area contributed by atoms with E-state index >= 15 is 0 Å². The van der Waals surface area contributed by atoms with Crippen molar-refractivity contribution in [2.24, 2.45) is 0 Å². The fraction of sp³-hybridized carbons (Fsp3) is 0.0556. The second kappa shape index (κ2) is 7.14. The van der Waals surface area contributed by atoms with Crippen molar-refractivity contribution in [2.45, 2.75) is 4.90 Å². The Kier molecular flexibility index (Phi) is 4.77. The van der Waals surface area contributed by atoms with Crippen molar-refractivity contribution in [1.82, 2.24) is 0 Å². The van der Waals surface area contributed by atoms with Gasteiger partial charge in [-0.2, -0.15) is 0 Å². The molecule has 0 spiro atoms. The molecule has 5 nitrogen and oxygen atoms in total. The first kappa shape index (κ1) is 16.0. The van der Waals surface area contributed by atoms with Crippen molar-refractivity contribution in [3.05, 3.63) is 76.8 Å². The number of nitro benzene ring substituents is 1. The third-order valence-corrected chi connectivity index (χ3v) is 4.32. The smallest absolute Gasteiger partial charge is 0.321 e. The summed E-state index contributed by atoms with van der Waals surface area (Å²) < 4.78 is 5.18. The highest BCUT2D eigenvalue weighted by Crippen LogP contribution is 2.24. The van der Waals surface area contributed by atoms with Crippen LogP contribution in [0.3, 0.4) is 0 Å². The van der Waals surface area contributed by atoms with Gasteiger partial charge in [0.1, 0.15) is 5.75 Å². The van der Waals surface area contributed by atoms with E-state index in [1.807, 2.05) is 42.5 Å². The molecular formula is C18H13NO4S. The number of nitrogens with zero attached hydrogens (tertiary/aromatic N) is 1. The number of carbonyl (C=O) groups excluding carboxylic acids is 1. The maximum Gasteiger partial charge on any atom is 0.321 e. The molecule has 0 amide bonds. The van der Waals surface area contributed by atoms with Gasteiger partial charge in [-0.3, -0.25) is 14.9 Å². The van der Waals surface area contributed by atoms with E-state index in [1.165, 1.54) is 36.0 Å². The zero-order chi connectivity index (χ0) is 16.9. The van der Waals surface area contributed by atoms with E-state index in [2.05, 4.69) is 0 Å². The van der Waals surface area contributed by atoms with Crippen LogP contribution in [-0.4, -0.2) is 16.6 Å². The van der Waals surface area contributed by atoms with Crippen LogP contribution >= 0.6 is 11.8 Å². The Morgan fingerprint density at radius 1 is 1.00 bits per heavy atom. The van der Waals surface area contributed by atoms with Crippen LogP contribution in [0.2, 0.25) is 0 Å². The van der Waals surface area contributed by atoms with Gasteiger partial charge in [0, 0.05) is 17.0 Å². The Morgan fingerprint density at radius 3 is 2.42 bits per heavy atom. The van der Waals surface area contributed by atoms with Crippen molar-refractivity contribution < 1.29 is 14.5 Å². The molecule has 0 heterocycles. The van der Waals surface area contributed by atoms with E-state index in [1.54, 1.807) is 0 Å².